The van der Waals surface area contributed by atoms with Crippen LogP contribution in [0, 0.1) is 0 Å². The molecular weight excluding hydrogens is 342 g/mol. The number of hydrogen-bond acceptors (Lipinski definition) is 7. The van der Waals surface area contributed by atoms with Gasteiger partial charge in [-0.1, -0.05) is 12.1 Å². The van der Waals surface area contributed by atoms with Gasteiger partial charge < -0.3 is 24.2 Å². The first kappa shape index (κ1) is 19.5. The summed E-state index contributed by atoms with van der Waals surface area (Å²) in [7, 11) is 2.75. The average Bonchev–Trinajstić information content (AvgIpc) is 2.87. The molecule has 0 radical (unpaired) electrons. The lowest BCUT2D eigenvalue weighted by atomic mass is 10.1. The van der Waals surface area contributed by atoms with E-state index in [9.17, 15) is 19.5 Å². The second-order valence-corrected chi connectivity index (χ2v) is 5.73. The molecular formula is C18H21NO7. The van der Waals surface area contributed by atoms with Gasteiger partial charge in [0.05, 0.1) is 32.8 Å². The smallest absolute Gasteiger partial charge is 0.335 e. The third-order valence-electron chi connectivity index (χ3n) is 3.89. The molecule has 2 unspecified atom stereocenters. The van der Waals surface area contributed by atoms with Crippen molar-refractivity contribution in [1.29, 1.82) is 0 Å². The number of benzene rings is 1. The van der Waals surface area contributed by atoms with Crippen LogP contribution >= 0.6 is 0 Å². The summed E-state index contributed by atoms with van der Waals surface area (Å²) in [6.07, 6.45) is -0.887. The van der Waals surface area contributed by atoms with Crippen LogP contribution in [0.25, 0.3) is 6.08 Å². The van der Waals surface area contributed by atoms with E-state index >= 15 is 0 Å². The number of nitrogens with zero attached hydrogens (tertiary/aromatic N) is 1. The number of aliphatic hydroxyl groups excluding tert-OH is 1. The molecule has 1 saturated heterocycles. The van der Waals surface area contributed by atoms with Crippen LogP contribution < -0.4 is 4.74 Å². The fourth-order valence-electron chi connectivity index (χ4n) is 2.66. The van der Waals surface area contributed by atoms with Crippen molar-refractivity contribution in [3.8, 4) is 5.75 Å². The topological polar surface area (TPSA) is 102 Å². The summed E-state index contributed by atoms with van der Waals surface area (Å²) in [5, 5.41) is 10.2. The van der Waals surface area contributed by atoms with Crippen LogP contribution in [0.3, 0.4) is 0 Å². The molecule has 8 nitrogen and oxygen atoms in total. The number of amides is 1. The third-order valence-corrected chi connectivity index (χ3v) is 3.89. The zero-order valence-electron chi connectivity index (χ0n) is 14.8. The normalized spacial score (nSPS) is 20.1. The van der Waals surface area contributed by atoms with E-state index in [2.05, 4.69) is 0 Å². The van der Waals surface area contributed by atoms with Crippen LogP contribution in [0.2, 0.25) is 0 Å². The fraction of sp³-hybridized carbons (Fsp3) is 0.389. The predicted molar refractivity (Wildman–Crippen MR) is 90.9 cm³/mol. The minimum atomic E-state index is -1.33. The molecule has 1 aliphatic heterocycles. The SMILES string of the molecule is COC(=O)/C(=C/c1cccc(OC)c1)CN1C(=O)CC(OC(C)=O)C1O. The third kappa shape index (κ3) is 4.60. The van der Waals surface area contributed by atoms with Crippen LogP contribution in [0.1, 0.15) is 18.9 Å². The molecule has 1 aromatic carbocycles. The lowest BCUT2D eigenvalue weighted by molar-refractivity contribution is -0.155. The van der Waals surface area contributed by atoms with E-state index in [0.29, 0.717) is 11.3 Å². The zero-order valence-corrected chi connectivity index (χ0v) is 14.8. The zero-order chi connectivity index (χ0) is 19.3. The van der Waals surface area contributed by atoms with Gasteiger partial charge in [0.25, 0.3) is 0 Å². The highest BCUT2D eigenvalue weighted by Gasteiger charge is 2.41. The van der Waals surface area contributed by atoms with Crippen molar-refractivity contribution in [2.24, 2.45) is 0 Å². The van der Waals surface area contributed by atoms with Crippen molar-refractivity contribution in [1.82, 2.24) is 4.90 Å². The first-order valence-corrected chi connectivity index (χ1v) is 7.93. The second-order valence-electron chi connectivity index (χ2n) is 5.73. The summed E-state index contributed by atoms with van der Waals surface area (Å²) in [5.41, 5.74) is 0.832. The van der Waals surface area contributed by atoms with Crippen molar-refractivity contribution >= 4 is 23.9 Å². The van der Waals surface area contributed by atoms with Crippen LogP contribution in [0.5, 0.6) is 5.75 Å². The van der Waals surface area contributed by atoms with Gasteiger partial charge >= 0.3 is 11.9 Å². The number of esters is 2. The van der Waals surface area contributed by atoms with Crippen molar-refractivity contribution in [3.05, 3.63) is 35.4 Å². The average molecular weight is 363 g/mol. The first-order chi connectivity index (χ1) is 12.3. The molecule has 26 heavy (non-hydrogen) atoms. The van der Waals surface area contributed by atoms with Crippen LogP contribution in [0.15, 0.2) is 29.8 Å². The Morgan fingerprint density at radius 1 is 1.35 bits per heavy atom. The van der Waals surface area contributed by atoms with Gasteiger partial charge in [0, 0.05) is 6.92 Å². The molecule has 2 rings (SSSR count). The maximum Gasteiger partial charge on any atom is 0.335 e. The van der Waals surface area contributed by atoms with Crippen molar-refractivity contribution in [2.75, 3.05) is 20.8 Å². The first-order valence-electron chi connectivity index (χ1n) is 7.93. The Kier molecular flexibility index (Phi) is 6.35. The number of likely N-dealkylation sites (tertiary alicyclic amines) is 1. The number of hydrogen-bond donors (Lipinski definition) is 1. The summed E-state index contributed by atoms with van der Waals surface area (Å²) in [6, 6.07) is 6.99. The van der Waals surface area contributed by atoms with E-state index in [0.717, 1.165) is 4.90 Å². The highest BCUT2D eigenvalue weighted by molar-refractivity contribution is 5.95. The molecule has 1 aromatic rings. The minimum Gasteiger partial charge on any atom is -0.497 e. The fourth-order valence-corrected chi connectivity index (χ4v) is 2.66. The Morgan fingerprint density at radius 3 is 2.69 bits per heavy atom. The highest BCUT2D eigenvalue weighted by Crippen LogP contribution is 2.23. The van der Waals surface area contributed by atoms with Gasteiger partial charge in [0.1, 0.15) is 5.75 Å². The van der Waals surface area contributed by atoms with E-state index in [1.807, 2.05) is 0 Å². The maximum absolute atomic E-state index is 12.2. The highest BCUT2D eigenvalue weighted by atomic mass is 16.6. The van der Waals surface area contributed by atoms with Crippen molar-refractivity contribution in [2.45, 2.75) is 25.7 Å². The second kappa shape index (κ2) is 8.48. The number of aliphatic hydroxyl groups is 1. The van der Waals surface area contributed by atoms with Gasteiger partial charge in [-0.3, -0.25) is 9.59 Å². The molecule has 0 aromatic heterocycles. The number of methoxy groups -OCH3 is 2. The molecule has 0 bridgehead atoms. The summed E-state index contributed by atoms with van der Waals surface area (Å²) in [5.74, 6) is -1.05. The number of carbonyl (C=O) groups is 3. The predicted octanol–water partition coefficient (Wildman–Crippen LogP) is 0.734. The molecule has 1 fully saturated rings. The molecule has 1 aliphatic rings. The number of ether oxygens (including phenoxy) is 3. The number of rotatable bonds is 6. The van der Waals surface area contributed by atoms with E-state index in [1.165, 1.54) is 21.1 Å². The Hall–Kier alpha value is -2.87. The van der Waals surface area contributed by atoms with Gasteiger partial charge in [0.2, 0.25) is 5.91 Å². The minimum absolute atomic E-state index is 0.144. The Balaban J connectivity index is 2.25. The van der Waals surface area contributed by atoms with Crippen molar-refractivity contribution < 1.29 is 33.7 Å². The Labute approximate surface area is 150 Å². The lowest BCUT2D eigenvalue weighted by Crippen LogP contribution is -2.40. The molecule has 0 aliphatic carbocycles. The van der Waals surface area contributed by atoms with E-state index < -0.39 is 30.2 Å². The molecule has 0 spiro atoms. The molecule has 1 heterocycles. The van der Waals surface area contributed by atoms with Gasteiger partial charge in [0.15, 0.2) is 12.3 Å². The summed E-state index contributed by atoms with van der Waals surface area (Å²) in [4.78, 5) is 36.4. The molecule has 1 N–H and O–H groups in total. The van der Waals surface area contributed by atoms with Gasteiger partial charge in [-0.05, 0) is 23.8 Å². The van der Waals surface area contributed by atoms with Crippen LogP contribution in [-0.4, -0.2) is 60.9 Å². The molecule has 8 heteroatoms. The number of carbonyl (C=O) groups excluding carboxylic acids is 3. The van der Waals surface area contributed by atoms with Gasteiger partial charge in [-0.2, -0.15) is 0 Å². The van der Waals surface area contributed by atoms with Crippen molar-refractivity contribution in [3.63, 3.8) is 0 Å². The Morgan fingerprint density at radius 2 is 2.08 bits per heavy atom. The molecule has 2 atom stereocenters. The largest absolute Gasteiger partial charge is 0.497 e. The Bertz CT molecular complexity index is 728. The van der Waals surface area contributed by atoms with E-state index in [-0.39, 0.29) is 18.5 Å². The monoisotopic (exact) mass is 363 g/mol. The lowest BCUT2D eigenvalue weighted by Gasteiger charge is -2.23. The van der Waals surface area contributed by atoms with E-state index in [1.54, 1.807) is 30.3 Å². The standard InChI is InChI=1S/C18H21NO7/c1-11(20)26-15-9-16(21)19(17(15)22)10-13(18(23)25-3)7-12-5-4-6-14(8-12)24-2/h4-8,15,17,22H,9-10H2,1-3H3/b13-7+. The molecule has 140 valence electrons. The maximum atomic E-state index is 12.2. The molecule has 1 amide bonds. The van der Waals surface area contributed by atoms with Gasteiger partial charge in [-0.15, -0.1) is 0 Å². The van der Waals surface area contributed by atoms with Crippen LogP contribution in [-0.2, 0) is 23.9 Å². The summed E-state index contributed by atoms with van der Waals surface area (Å²) < 4.78 is 14.9. The van der Waals surface area contributed by atoms with Crippen LogP contribution in [0.4, 0.5) is 0 Å². The van der Waals surface area contributed by atoms with Gasteiger partial charge in [-0.25, -0.2) is 4.79 Å². The van der Waals surface area contributed by atoms with E-state index in [4.69, 9.17) is 14.2 Å². The quantitative estimate of drug-likeness (QED) is 0.587. The summed E-state index contributed by atoms with van der Waals surface area (Å²) >= 11 is 0. The summed E-state index contributed by atoms with van der Waals surface area (Å²) in [6.45, 7) is 1.02. The molecule has 0 saturated carbocycles.